The van der Waals surface area contributed by atoms with Gasteiger partial charge in [-0.05, 0) is 35.2 Å². The van der Waals surface area contributed by atoms with Crippen LogP contribution < -0.4 is 11.3 Å². The van der Waals surface area contributed by atoms with Crippen LogP contribution in [0.1, 0.15) is 16.5 Å². The van der Waals surface area contributed by atoms with Gasteiger partial charge < -0.3 is 0 Å². The fraction of sp³-hybridized carbons (Fsp3) is 0.0714. The summed E-state index contributed by atoms with van der Waals surface area (Å²) in [5.74, 6) is 4.87. The summed E-state index contributed by atoms with van der Waals surface area (Å²) >= 11 is 1.41. The molecule has 0 bridgehead atoms. The maximum atomic E-state index is 13.3. The summed E-state index contributed by atoms with van der Waals surface area (Å²) in [5, 5.41) is 0.927. The van der Waals surface area contributed by atoms with Gasteiger partial charge in [-0.25, -0.2) is 14.2 Å². The van der Waals surface area contributed by atoms with Crippen LogP contribution in [0.25, 0.3) is 10.1 Å². The van der Waals surface area contributed by atoms with Gasteiger partial charge in [-0.15, -0.1) is 11.3 Å². The van der Waals surface area contributed by atoms with Gasteiger partial charge in [0.15, 0.2) is 0 Å². The number of rotatable bonds is 3. The zero-order valence-corrected chi connectivity index (χ0v) is 11.1. The summed E-state index contributed by atoms with van der Waals surface area (Å²) in [6, 6.07) is 7.51. The van der Waals surface area contributed by atoms with Gasteiger partial charge in [0, 0.05) is 15.8 Å². The first-order valence-corrected chi connectivity index (χ1v) is 6.74. The number of thiophene rings is 1. The highest BCUT2D eigenvalue weighted by molar-refractivity contribution is 7.19. The third-order valence-electron chi connectivity index (χ3n) is 3.01. The molecule has 1 atom stereocenters. The minimum absolute atomic E-state index is 0.282. The van der Waals surface area contributed by atoms with Crippen LogP contribution in [0, 0.1) is 11.6 Å². The number of hydrazine groups is 1. The normalized spacial score (nSPS) is 12.8. The molecule has 102 valence electrons. The second-order valence-electron chi connectivity index (χ2n) is 4.37. The Morgan fingerprint density at radius 3 is 2.70 bits per heavy atom. The quantitative estimate of drug-likeness (QED) is 0.576. The van der Waals surface area contributed by atoms with Crippen LogP contribution in [0.4, 0.5) is 8.78 Å². The highest BCUT2D eigenvalue weighted by Gasteiger charge is 2.16. The minimum Gasteiger partial charge on any atom is -0.271 e. The molecule has 0 radical (unpaired) electrons. The van der Waals surface area contributed by atoms with Gasteiger partial charge in [-0.2, -0.15) is 0 Å². The van der Waals surface area contributed by atoms with E-state index in [0.717, 1.165) is 21.2 Å². The highest BCUT2D eigenvalue weighted by Crippen LogP contribution is 2.33. The van der Waals surface area contributed by atoms with Gasteiger partial charge >= 0.3 is 0 Å². The number of halogens is 2. The first kappa shape index (κ1) is 13.1. The summed E-state index contributed by atoms with van der Waals surface area (Å²) in [7, 11) is 0. The van der Waals surface area contributed by atoms with E-state index in [4.69, 9.17) is 5.84 Å². The molecule has 20 heavy (non-hydrogen) atoms. The van der Waals surface area contributed by atoms with Crippen LogP contribution in [0.15, 0.2) is 42.7 Å². The van der Waals surface area contributed by atoms with E-state index >= 15 is 0 Å². The molecule has 1 aromatic carbocycles. The summed E-state index contributed by atoms with van der Waals surface area (Å²) in [5.41, 5.74) is 3.27. The number of nitrogens with one attached hydrogen (secondary N) is 1. The fourth-order valence-electron chi connectivity index (χ4n) is 2.10. The largest absolute Gasteiger partial charge is 0.271 e. The molecule has 0 spiro atoms. The smallest absolute Gasteiger partial charge is 0.141 e. The van der Waals surface area contributed by atoms with Crippen molar-refractivity contribution in [3.63, 3.8) is 0 Å². The van der Waals surface area contributed by atoms with Crippen molar-refractivity contribution >= 4 is 21.4 Å². The summed E-state index contributed by atoms with van der Waals surface area (Å²) in [6.07, 6.45) is 2.69. The summed E-state index contributed by atoms with van der Waals surface area (Å²) in [6.45, 7) is 0. The van der Waals surface area contributed by atoms with Crippen molar-refractivity contribution in [3.8, 4) is 0 Å². The van der Waals surface area contributed by atoms with Crippen molar-refractivity contribution in [2.45, 2.75) is 6.04 Å². The SMILES string of the molecule is NNC(c1cncc(F)c1)c1cc2ccc(F)cc2s1. The number of fused-ring (bicyclic) bond motifs is 1. The van der Waals surface area contributed by atoms with Crippen LogP contribution in [0.2, 0.25) is 0 Å². The monoisotopic (exact) mass is 291 g/mol. The average Bonchev–Trinajstić information content (AvgIpc) is 2.82. The minimum atomic E-state index is -0.421. The van der Waals surface area contributed by atoms with Gasteiger partial charge in [0.05, 0.1) is 12.2 Å². The molecule has 3 rings (SSSR count). The van der Waals surface area contributed by atoms with Crippen LogP contribution in [-0.4, -0.2) is 4.98 Å². The topological polar surface area (TPSA) is 50.9 Å². The molecule has 6 heteroatoms. The number of aromatic nitrogens is 1. The Morgan fingerprint density at radius 2 is 1.95 bits per heavy atom. The predicted octanol–water partition coefficient (Wildman–Crippen LogP) is 3.13. The molecule has 3 aromatic rings. The molecule has 3 N–H and O–H groups in total. The Labute approximate surface area is 118 Å². The van der Waals surface area contributed by atoms with E-state index in [9.17, 15) is 8.78 Å². The zero-order valence-electron chi connectivity index (χ0n) is 10.3. The third-order valence-corrected chi connectivity index (χ3v) is 4.17. The molecule has 0 fully saturated rings. The number of hydrogen-bond acceptors (Lipinski definition) is 4. The second kappa shape index (κ2) is 5.24. The number of pyridine rings is 1. The van der Waals surface area contributed by atoms with Crippen LogP contribution >= 0.6 is 11.3 Å². The Balaban J connectivity index is 2.07. The van der Waals surface area contributed by atoms with E-state index in [1.807, 2.05) is 6.07 Å². The first-order chi connectivity index (χ1) is 9.67. The average molecular weight is 291 g/mol. The Bertz CT molecular complexity index is 757. The first-order valence-electron chi connectivity index (χ1n) is 5.93. The zero-order chi connectivity index (χ0) is 14.1. The van der Waals surface area contributed by atoms with E-state index in [2.05, 4.69) is 10.4 Å². The maximum absolute atomic E-state index is 13.3. The Kier molecular flexibility index (Phi) is 3.43. The Hall–Kier alpha value is -1.89. The number of hydrogen-bond donors (Lipinski definition) is 2. The number of benzene rings is 1. The number of nitrogens with zero attached hydrogens (tertiary/aromatic N) is 1. The fourth-order valence-corrected chi connectivity index (χ4v) is 3.27. The van der Waals surface area contributed by atoms with Gasteiger partial charge in [0.1, 0.15) is 11.6 Å². The molecule has 0 aliphatic heterocycles. The van der Waals surface area contributed by atoms with Crippen molar-refractivity contribution in [3.05, 3.63) is 64.8 Å². The van der Waals surface area contributed by atoms with E-state index in [-0.39, 0.29) is 11.9 Å². The van der Waals surface area contributed by atoms with Crippen molar-refractivity contribution in [2.75, 3.05) is 0 Å². The number of nitrogens with two attached hydrogens (primary N) is 1. The lowest BCUT2D eigenvalue weighted by atomic mass is 10.1. The van der Waals surface area contributed by atoms with Gasteiger partial charge in [0.2, 0.25) is 0 Å². The molecule has 3 nitrogen and oxygen atoms in total. The van der Waals surface area contributed by atoms with Crippen LogP contribution in [0.3, 0.4) is 0 Å². The molecule has 0 amide bonds. The predicted molar refractivity (Wildman–Crippen MR) is 75.1 cm³/mol. The second-order valence-corrected chi connectivity index (χ2v) is 5.48. The summed E-state index contributed by atoms with van der Waals surface area (Å²) < 4.78 is 27.3. The molecular weight excluding hydrogens is 280 g/mol. The van der Waals surface area contributed by atoms with E-state index in [1.165, 1.54) is 29.5 Å². The van der Waals surface area contributed by atoms with E-state index < -0.39 is 5.82 Å². The standard InChI is InChI=1S/C14H11F2N3S/c15-10-2-1-8-4-13(20-12(8)5-10)14(19-17)9-3-11(16)7-18-6-9/h1-7,14,19H,17H2. The van der Waals surface area contributed by atoms with Gasteiger partial charge in [-0.1, -0.05) is 6.07 Å². The lowest BCUT2D eigenvalue weighted by Crippen LogP contribution is -2.28. The molecule has 2 heterocycles. The molecule has 0 aliphatic carbocycles. The molecule has 0 saturated heterocycles. The highest BCUT2D eigenvalue weighted by atomic mass is 32.1. The van der Waals surface area contributed by atoms with Gasteiger partial charge in [0.25, 0.3) is 0 Å². The molecule has 1 unspecified atom stereocenters. The van der Waals surface area contributed by atoms with E-state index in [0.29, 0.717) is 5.56 Å². The molecule has 0 aliphatic rings. The third kappa shape index (κ3) is 2.40. The van der Waals surface area contributed by atoms with Crippen molar-refractivity contribution in [2.24, 2.45) is 5.84 Å². The van der Waals surface area contributed by atoms with Gasteiger partial charge in [-0.3, -0.25) is 10.8 Å². The lowest BCUT2D eigenvalue weighted by Gasteiger charge is -2.13. The van der Waals surface area contributed by atoms with Crippen LogP contribution in [0.5, 0.6) is 0 Å². The van der Waals surface area contributed by atoms with E-state index in [1.54, 1.807) is 12.3 Å². The molecule has 0 saturated carbocycles. The van der Waals surface area contributed by atoms with Crippen molar-refractivity contribution < 1.29 is 8.78 Å². The summed E-state index contributed by atoms with van der Waals surface area (Å²) in [4.78, 5) is 4.70. The molecular formula is C14H11F2N3S. The van der Waals surface area contributed by atoms with Crippen molar-refractivity contribution in [1.29, 1.82) is 0 Å². The van der Waals surface area contributed by atoms with Crippen molar-refractivity contribution in [1.82, 2.24) is 10.4 Å². The Morgan fingerprint density at radius 1 is 1.10 bits per heavy atom. The molecule has 2 aromatic heterocycles. The lowest BCUT2D eigenvalue weighted by molar-refractivity contribution is 0.601. The van der Waals surface area contributed by atoms with Crippen LogP contribution in [-0.2, 0) is 0 Å². The maximum Gasteiger partial charge on any atom is 0.141 e.